The second-order valence-electron chi connectivity index (χ2n) is 22.0. The third kappa shape index (κ3) is 6.82. The van der Waals surface area contributed by atoms with Crippen LogP contribution >= 0.6 is 0 Å². The van der Waals surface area contributed by atoms with Crippen molar-refractivity contribution in [2.24, 2.45) is 0 Å². The Balaban J connectivity index is 0.988. The number of rotatable bonds is 8. The molecule has 2 aliphatic rings. The van der Waals surface area contributed by atoms with Gasteiger partial charge < -0.3 is 19.5 Å². The van der Waals surface area contributed by atoms with Crippen molar-refractivity contribution >= 4 is 120 Å². The van der Waals surface area contributed by atoms with Crippen molar-refractivity contribution in [2.75, 3.05) is 10.6 Å². The Bertz CT molecular complexity index is 4300. The smallest absolute Gasteiger partial charge is 0.158 e. The Morgan fingerprint density at radius 1 is 0.303 bits per heavy atom. The summed E-state index contributed by atoms with van der Waals surface area (Å²) in [5.41, 5.74) is 15.7. The lowest BCUT2D eigenvalue weighted by atomic mass is 9.75. The van der Waals surface area contributed by atoms with E-state index in [1.807, 2.05) is 0 Å². The average molecular weight is 981 g/mol. The van der Waals surface area contributed by atoms with Crippen LogP contribution in [0.15, 0.2) is 203 Å². The largest absolute Gasteiger partial charge is 0.454 e. The molecule has 16 rings (SSSR count). The van der Waals surface area contributed by atoms with Crippen LogP contribution in [0, 0.1) is 0 Å². The number of anilines is 4. The first kappa shape index (κ1) is 43.8. The van der Waals surface area contributed by atoms with E-state index in [4.69, 9.17) is 8.83 Å². The average Bonchev–Trinajstić information content (AvgIpc) is 4.16. The molecule has 0 atom stereocenters. The van der Waals surface area contributed by atoms with E-state index < -0.39 is 0 Å². The maximum absolute atomic E-state index is 6.91. The first-order valence-corrected chi connectivity index (χ1v) is 27.9. The number of nitrogens with one attached hydrogen (secondary N) is 2. The SMILES string of the molecule is c1ccc(Nc2cccc3c2oc2ccc4cccc(-c5cc(C6CCCCC6)c6ccc7c(-c8cccc9ccc%10oc%11c(Nc%12ccccc%12)cccc%11c%10c89)cc(C8CCCCC8)c8ccc5c6c78)c4c23)cc1. The van der Waals surface area contributed by atoms with Crippen molar-refractivity contribution in [1.29, 1.82) is 0 Å². The molecule has 0 bridgehead atoms. The van der Waals surface area contributed by atoms with E-state index in [2.05, 4.69) is 205 Å². The highest BCUT2D eigenvalue weighted by Crippen LogP contribution is 2.53. The first-order chi connectivity index (χ1) is 37.7. The Kier molecular flexibility index (Phi) is 10.1. The molecule has 2 N–H and O–H groups in total. The monoisotopic (exact) mass is 980 g/mol. The van der Waals surface area contributed by atoms with Crippen molar-refractivity contribution in [3.8, 4) is 22.3 Å². The Morgan fingerprint density at radius 2 is 0.724 bits per heavy atom. The lowest BCUT2D eigenvalue weighted by Crippen LogP contribution is -2.07. The van der Waals surface area contributed by atoms with Crippen LogP contribution in [-0.2, 0) is 0 Å². The number of benzene rings is 12. The number of fused-ring (bicyclic) bond motifs is 10. The van der Waals surface area contributed by atoms with E-state index in [1.165, 1.54) is 162 Å². The Labute approximate surface area is 441 Å². The summed E-state index contributed by atoms with van der Waals surface area (Å²) in [5, 5.41) is 25.2. The molecule has 0 unspecified atom stereocenters. The molecular formula is C72H56N2O2. The van der Waals surface area contributed by atoms with Crippen molar-refractivity contribution in [3.63, 3.8) is 0 Å². The second-order valence-corrected chi connectivity index (χ2v) is 22.0. The standard InChI is InChI=1S/C72H56N2O2/c1-5-17-43(18-6-1)57-41-59(49-27-13-21-45-33-39-63-69(65(45)49)55-29-15-31-61(71(55)75-63)73-47-23-9-3-10-24-47)53-38-36-52-58(44-19-7-2-8-20-44)42-60(54-37-35-51(57)67(53)68(52)54)50-28-14-22-46-34-40-64-70(66(46)50)56-30-16-32-62(72(56)76-64)74-48-25-11-4-12-26-48/h3-4,9-16,21-44,73-74H,1-2,5-8,17-20H2. The zero-order valence-electron chi connectivity index (χ0n) is 42.5. The van der Waals surface area contributed by atoms with Gasteiger partial charge in [0, 0.05) is 43.7 Å². The highest BCUT2D eigenvalue weighted by atomic mass is 16.3. The number of hydrogen-bond acceptors (Lipinski definition) is 4. The summed E-state index contributed by atoms with van der Waals surface area (Å²) in [4.78, 5) is 0. The molecule has 2 heterocycles. The fourth-order valence-corrected chi connectivity index (χ4v) is 14.3. The molecule has 0 saturated heterocycles. The van der Waals surface area contributed by atoms with Crippen LogP contribution in [0.25, 0.3) is 120 Å². The van der Waals surface area contributed by atoms with Gasteiger partial charge in [-0.3, -0.25) is 0 Å². The predicted molar refractivity (Wildman–Crippen MR) is 322 cm³/mol. The van der Waals surface area contributed by atoms with Gasteiger partial charge in [-0.05, 0) is 175 Å². The minimum atomic E-state index is 0.493. The summed E-state index contributed by atoms with van der Waals surface area (Å²) in [6.45, 7) is 0. The van der Waals surface area contributed by atoms with E-state index in [9.17, 15) is 0 Å². The van der Waals surface area contributed by atoms with Crippen LogP contribution in [0.3, 0.4) is 0 Å². The van der Waals surface area contributed by atoms with Gasteiger partial charge >= 0.3 is 0 Å². The van der Waals surface area contributed by atoms with Gasteiger partial charge in [0.1, 0.15) is 11.2 Å². The molecule has 12 aromatic carbocycles. The molecule has 2 saturated carbocycles. The number of para-hydroxylation sites is 4. The van der Waals surface area contributed by atoms with Crippen molar-refractivity contribution in [3.05, 3.63) is 205 Å². The molecule has 2 fully saturated rings. The minimum absolute atomic E-state index is 0.493. The zero-order valence-corrected chi connectivity index (χ0v) is 42.5. The normalized spacial score (nSPS) is 15.0. The Morgan fingerprint density at radius 3 is 1.17 bits per heavy atom. The molecule has 0 spiro atoms. The van der Waals surface area contributed by atoms with Gasteiger partial charge in [0.15, 0.2) is 11.2 Å². The van der Waals surface area contributed by atoms with Gasteiger partial charge in [-0.15, -0.1) is 0 Å². The Hall–Kier alpha value is -8.60. The van der Waals surface area contributed by atoms with Crippen LogP contribution in [0.2, 0.25) is 0 Å². The van der Waals surface area contributed by atoms with E-state index in [-0.39, 0.29) is 0 Å². The molecule has 0 radical (unpaired) electrons. The summed E-state index contributed by atoms with van der Waals surface area (Å²) >= 11 is 0. The van der Waals surface area contributed by atoms with Crippen molar-refractivity contribution in [1.82, 2.24) is 0 Å². The lowest BCUT2D eigenvalue weighted by Gasteiger charge is -2.29. The van der Waals surface area contributed by atoms with E-state index in [0.29, 0.717) is 11.8 Å². The summed E-state index contributed by atoms with van der Waals surface area (Å²) in [6.07, 6.45) is 12.6. The van der Waals surface area contributed by atoms with Crippen LogP contribution in [0.1, 0.15) is 87.2 Å². The summed E-state index contributed by atoms with van der Waals surface area (Å²) < 4.78 is 13.8. The number of furan rings is 2. The van der Waals surface area contributed by atoms with Gasteiger partial charge in [0.2, 0.25) is 0 Å². The number of hydrogen-bond donors (Lipinski definition) is 2. The van der Waals surface area contributed by atoms with Gasteiger partial charge in [-0.2, -0.15) is 0 Å². The van der Waals surface area contributed by atoms with Crippen molar-refractivity contribution in [2.45, 2.75) is 76.0 Å². The third-order valence-corrected chi connectivity index (χ3v) is 17.7. The van der Waals surface area contributed by atoms with Crippen molar-refractivity contribution < 1.29 is 8.83 Å². The van der Waals surface area contributed by atoms with Gasteiger partial charge in [-0.25, -0.2) is 0 Å². The molecule has 14 aromatic rings. The fraction of sp³-hybridized carbons (Fsp3) is 0.167. The summed E-state index contributed by atoms with van der Waals surface area (Å²) in [5.74, 6) is 0.987. The molecule has 4 heteroatoms. The van der Waals surface area contributed by atoms with Gasteiger partial charge in [-0.1, -0.05) is 172 Å². The molecule has 76 heavy (non-hydrogen) atoms. The first-order valence-electron chi connectivity index (χ1n) is 27.9. The fourth-order valence-electron chi connectivity index (χ4n) is 14.3. The molecule has 2 aromatic heterocycles. The zero-order chi connectivity index (χ0) is 49.8. The molecule has 2 aliphatic carbocycles. The highest BCUT2D eigenvalue weighted by molar-refractivity contribution is 6.33. The maximum atomic E-state index is 6.91. The molecule has 4 nitrogen and oxygen atoms in total. The predicted octanol–water partition coefficient (Wildman–Crippen LogP) is 21.6. The van der Waals surface area contributed by atoms with Crippen LogP contribution in [-0.4, -0.2) is 0 Å². The molecule has 0 amide bonds. The van der Waals surface area contributed by atoms with Gasteiger partial charge in [0.25, 0.3) is 0 Å². The van der Waals surface area contributed by atoms with Crippen LogP contribution in [0.4, 0.5) is 22.7 Å². The van der Waals surface area contributed by atoms with E-state index >= 15 is 0 Å². The maximum Gasteiger partial charge on any atom is 0.158 e. The van der Waals surface area contributed by atoms with Gasteiger partial charge in [0.05, 0.1) is 11.4 Å². The van der Waals surface area contributed by atoms with E-state index in [1.54, 1.807) is 0 Å². The topological polar surface area (TPSA) is 50.3 Å². The minimum Gasteiger partial charge on any atom is -0.454 e. The molecule has 0 aliphatic heterocycles. The lowest BCUT2D eigenvalue weighted by molar-refractivity contribution is 0.445. The molecular weight excluding hydrogens is 925 g/mol. The second kappa shape index (κ2) is 17.5. The quantitative estimate of drug-likeness (QED) is 0.149. The summed E-state index contributed by atoms with van der Waals surface area (Å²) in [6, 6.07) is 72.0. The summed E-state index contributed by atoms with van der Waals surface area (Å²) in [7, 11) is 0. The highest BCUT2D eigenvalue weighted by Gasteiger charge is 2.28. The molecule has 366 valence electrons. The third-order valence-electron chi connectivity index (χ3n) is 17.7. The van der Waals surface area contributed by atoms with E-state index in [0.717, 1.165) is 55.9 Å². The van der Waals surface area contributed by atoms with Crippen LogP contribution in [0.5, 0.6) is 0 Å². The van der Waals surface area contributed by atoms with Crippen LogP contribution < -0.4 is 10.6 Å².